The largest absolute Gasteiger partial charge is 0.309 e. The zero-order chi connectivity index (χ0) is 42.2. The first-order chi connectivity index (χ1) is 31.8. The normalized spacial score (nSPS) is 12.1. The Morgan fingerprint density at radius 3 is 1.45 bits per heavy atom. The molecule has 0 bridgehead atoms. The summed E-state index contributed by atoms with van der Waals surface area (Å²) in [6, 6.07) is 90.5. The van der Waals surface area contributed by atoms with Crippen LogP contribution in [0.1, 0.15) is 0 Å². The molecule has 0 atom stereocenters. The van der Waals surface area contributed by atoms with Gasteiger partial charge in [-0.15, -0.1) is 11.3 Å². The molecule has 300 valence electrons. The third-order valence-electron chi connectivity index (χ3n) is 13.5. The average Bonchev–Trinajstić information content (AvgIpc) is 4.02. The fraction of sp³-hybridized carbons (Fsp3) is 0. The van der Waals surface area contributed by atoms with Crippen LogP contribution in [0.25, 0.3) is 86.3 Å². The smallest absolute Gasteiger partial charge is 0.179 e. The molecule has 10 aromatic carbocycles. The van der Waals surface area contributed by atoms with Crippen LogP contribution in [0.2, 0.25) is 0 Å². The van der Waals surface area contributed by atoms with Gasteiger partial charge in [-0.3, -0.25) is 0 Å². The number of thiophene rings is 1. The van der Waals surface area contributed by atoms with Crippen molar-refractivity contribution in [2.24, 2.45) is 0 Å². The maximum atomic E-state index is 2.54. The molecule has 0 radical (unpaired) electrons. The Morgan fingerprint density at radius 2 is 0.797 bits per heavy atom. The van der Waals surface area contributed by atoms with Gasteiger partial charge in [0.25, 0.3) is 0 Å². The van der Waals surface area contributed by atoms with Gasteiger partial charge in [-0.1, -0.05) is 188 Å². The van der Waals surface area contributed by atoms with E-state index < -0.39 is 8.07 Å². The monoisotopic (exact) mass is 848 g/mol. The summed E-state index contributed by atoms with van der Waals surface area (Å²) in [6.45, 7) is 0. The average molecular weight is 849 g/mol. The number of rotatable bonds is 7. The van der Waals surface area contributed by atoms with Crippen molar-refractivity contribution < 1.29 is 0 Å². The zero-order valence-electron chi connectivity index (χ0n) is 34.9. The van der Waals surface area contributed by atoms with Gasteiger partial charge < -0.3 is 9.13 Å². The first-order valence-electron chi connectivity index (χ1n) is 22.0. The van der Waals surface area contributed by atoms with E-state index >= 15 is 0 Å². The first kappa shape index (κ1) is 36.9. The Bertz CT molecular complexity index is 3770. The first-order valence-corrected chi connectivity index (χ1v) is 24.8. The van der Waals surface area contributed by atoms with Crippen LogP contribution in [0.5, 0.6) is 0 Å². The molecule has 4 heteroatoms. The number of aromatic nitrogens is 2. The van der Waals surface area contributed by atoms with Crippen LogP contribution in [0.15, 0.2) is 243 Å². The van der Waals surface area contributed by atoms with E-state index in [1.54, 1.807) is 0 Å². The second kappa shape index (κ2) is 14.7. The van der Waals surface area contributed by atoms with Gasteiger partial charge in [0.05, 0.1) is 22.1 Å². The van der Waals surface area contributed by atoms with Gasteiger partial charge in [0.1, 0.15) is 0 Å². The van der Waals surface area contributed by atoms with Crippen molar-refractivity contribution in [2.75, 3.05) is 0 Å². The molecule has 2 nitrogen and oxygen atoms in total. The standard InChI is InChI=1S/C60H40N2SSi/c1-5-18-42(19-6-1)61-56-37-36-47(64(44-20-7-2-8-21-44,45-22-9-3-10-23-45)46-24-11-4-12-25-46)38-52(56)54-39-53-49-26-13-15-30-55(49)62(57(53)40-58(54)61)43-34-32-41(33-35-43)48-28-17-29-51-50-27-14-16-31-59(50)63-60(48)51/h1-40H. The molecule has 3 heterocycles. The molecule has 3 aromatic heterocycles. The lowest BCUT2D eigenvalue weighted by Crippen LogP contribution is -2.74. The van der Waals surface area contributed by atoms with Crippen molar-refractivity contribution in [3.63, 3.8) is 0 Å². The fourth-order valence-corrected chi connectivity index (χ4v) is 16.7. The van der Waals surface area contributed by atoms with Crippen LogP contribution in [0.3, 0.4) is 0 Å². The highest BCUT2D eigenvalue weighted by Crippen LogP contribution is 2.42. The van der Waals surface area contributed by atoms with E-state index in [1.807, 2.05) is 11.3 Å². The second-order valence-electron chi connectivity index (χ2n) is 16.8. The third kappa shape index (κ3) is 5.50. The Labute approximate surface area is 376 Å². The molecule has 0 spiro atoms. The molecule has 0 aliphatic heterocycles. The molecule has 0 aliphatic rings. The van der Waals surface area contributed by atoms with Crippen LogP contribution in [0, 0.1) is 0 Å². The molecule has 0 saturated carbocycles. The lowest BCUT2D eigenvalue weighted by atomic mass is 10.0. The maximum absolute atomic E-state index is 2.78. The molecule has 13 aromatic rings. The third-order valence-corrected chi connectivity index (χ3v) is 19.5. The number of benzene rings is 10. The van der Waals surface area contributed by atoms with Crippen molar-refractivity contribution >= 4 is 104 Å². The van der Waals surface area contributed by atoms with Gasteiger partial charge in [-0.25, -0.2) is 0 Å². The minimum atomic E-state index is -2.78. The van der Waals surface area contributed by atoms with Crippen LogP contribution in [-0.4, -0.2) is 17.2 Å². The Morgan fingerprint density at radius 1 is 0.297 bits per heavy atom. The molecular weight excluding hydrogens is 809 g/mol. The van der Waals surface area contributed by atoms with Crippen LogP contribution >= 0.6 is 11.3 Å². The summed E-state index contributed by atoms with van der Waals surface area (Å²) in [5.41, 5.74) is 9.57. The highest BCUT2D eigenvalue weighted by molar-refractivity contribution is 7.26. The van der Waals surface area contributed by atoms with E-state index in [0.29, 0.717) is 0 Å². The molecule has 0 amide bonds. The lowest BCUT2D eigenvalue weighted by molar-refractivity contribution is 1.16. The Balaban J connectivity index is 1.06. The Hall–Kier alpha value is -7.76. The van der Waals surface area contributed by atoms with Gasteiger partial charge in [0, 0.05) is 53.1 Å². The minimum Gasteiger partial charge on any atom is -0.309 e. The predicted molar refractivity (Wildman–Crippen MR) is 277 cm³/mol. The van der Waals surface area contributed by atoms with Crippen LogP contribution in [-0.2, 0) is 0 Å². The predicted octanol–water partition coefficient (Wildman–Crippen LogP) is 13.3. The van der Waals surface area contributed by atoms with E-state index in [-0.39, 0.29) is 0 Å². The quantitative estimate of drug-likeness (QED) is 0.112. The number of hydrogen-bond donors (Lipinski definition) is 0. The van der Waals surface area contributed by atoms with E-state index in [4.69, 9.17) is 0 Å². The number of para-hydroxylation sites is 2. The van der Waals surface area contributed by atoms with Crippen LogP contribution < -0.4 is 20.7 Å². The highest BCUT2D eigenvalue weighted by atomic mass is 32.1. The van der Waals surface area contributed by atoms with Gasteiger partial charge in [-0.2, -0.15) is 0 Å². The number of hydrogen-bond acceptors (Lipinski definition) is 1. The lowest BCUT2D eigenvalue weighted by Gasteiger charge is -2.34. The molecule has 0 aliphatic carbocycles. The summed E-state index contributed by atoms with van der Waals surface area (Å²) in [7, 11) is -2.78. The molecule has 64 heavy (non-hydrogen) atoms. The van der Waals surface area contributed by atoms with Crippen molar-refractivity contribution in [2.45, 2.75) is 0 Å². The summed E-state index contributed by atoms with van der Waals surface area (Å²) < 4.78 is 7.60. The summed E-state index contributed by atoms with van der Waals surface area (Å²) in [5, 5.41) is 13.1. The summed E-state index contributed by atoms with van der Waals surface area (Å²) in [6.07, 6.45) is 0. The van der Waals surface area contributed by atoms with E-state index in [2.05, 4.69) is 252 Å². The summed E-state index contributed by atoms with van der Waals surface area (Å²) >= 11 is 1.88. The molecule has 0 unspecified atom stereocenters. The van der Waals surface area contributed by atoms with E-state index in [0.717, 1.165) is 11.4 Å². The van der Waals surface area contributed by atoms with Crippen molar-refractivity contribution in [3.8, 4) is 22.5 Å². The Kier molecular flexibility index (Phi) is 8.45. The molecule has 0 N–H and O–H groups in total. The van der Waals surface area contributed by atoms with Crippen molar-refractivity contribution in [1.82, 2.24) is 9.13 Å². The zero-order valence-corrected chi connectivity index (χ0v) is 36.7. The van der Waals surface area contributed by atoms with Crippen molar-refractivity contribution in [3.05, 3.63) is 243 Å². The maximum Gasteiger partial charge on any atom is 0.179 e. The number of fused-ring (bicyclic) bond motifs is 9. The summed E-state index contributed by atoms with van der Waals surface area (Å²) in [5.74, 6) is 0. The molecular formula is C60H40N2SSi. The van der Waals surface area contributed by atoms with Crippen LogP contribution in [0.4, 0.5) is 0 Å². The molecule has 13 rings (SSSR count). The topological polar surface area (TPSA) is 9.86 Å². The minimum absolute atomic E-state index is 1.15. The van der Waals surface area contributed by atoms with Crippen molar-refractivity contribution in [1.29, 1.82) is 0 Å². The fourth-order valence-electron chi connectivity index (χ4n) is 10.7. The summed E-state index contributed by atoms with van der Waals surface area (Å²) in [4.78, 5) is 0. The molecule has 0 saturated heterocycles. The molecule has 0 fully saturated rings. The van der Waals surface area contributed by atoms with E-state index in [1.165, 1.54) is 95.7 Å². The van der Waals surface area contributed by atoms with Gasteiger partial charge in [-0.05, 0) is 86.5 Å². The van der Waals surface area contributed by atoms with Gasteiger partial charge in [0.15, 0.2) is 8.07 Å². The van der Waals surface area contributed by atoms with E-state index in [9.17, 15) is 0 Å². The van der Waals surface area contributed by atoms with Gasteiger partial charge in [0.2, 0.25) is 0 Å². The van der Waals surface area contributed by atoms with Gasteiger partial charge >= 0.3 is 0 Å². The highest BCUT2D eigenvalue weighted by Gasteiger charge is 2.41. The SMILES string of the molecule is c1ccc(-n2c3ccc([Si](c4ccccc4)(c4ccccc4)c4ccccc4)cc3c3cc4c5ccccc5n(-c5ccc(-c6cccc7c6sc6ccccc67)cc5)c4cc32)cc1. The number of nitrogens with zero attached hydrogens (tertiary/aromatic N) is 2. The second-order valence-corrected chi connectivity index (χ2v) is 21.7.